The molecule has 0 radical (unpaired) electrons. The summed E-state index contributed by atoms with van der Waals surface area (Å²) >= 11 is 0. The Balaban J connectivity index is 2.03. The second-order valence-corrected chi connectivity index (χ2v) is 3.39. The third kappa shape index (κ3) is 2.51. The summed E-state index contributed by atoms with van der Waals surface area (Å²) < 4.78 is 18.4. The van der Waals surface area contributed by atoms with Crippen LogP contribution in [0.2, 0.25) is 0 Å². The van der Waals surface area contributed by atoms with Crippen LogP contribution in [0, 0.1) is 5.82 Å². The molecular formula is C13H11FO2. The zero-order chi connectivity index (χ0) is 11.4. The first kappa shape index (κ1) is 10.5. The first-order chi connectivity index (χ1) is 7.75. The first-order valence-corrected chi connectivity index (χ1v) is 4.91. The predicted octanol–water partition coefficient (Wildman–Crippen LogP) is 3.11. The summed E-state index contributed by atoms with van der Waals surface area (Å²) in [7, 11) is 0. The van der Waals surface area contributed by atoms with Gasteiger partial charge in [0.1, 0.15) is 12.4 Å². The summed E-state index contributed by atoms with van der Waals surface area (Å²) in [4.78, 5) is 0. The van der Waals surface area contributed by atoms with Crippen LogP contribution in [-0.2, 0) is 6.61 Å². The van der Waals surface area contributed by atoms with Crippen LogP contribution < -0.4 is 4.74 Å². The summed E-state index contributed by atoms with van der Waals surface area (Å²) in [6, 6.07) is 13.5. The number of ether oxygens (including phenoxy) is 1. The molecule has 82 valence electrons. The van der Waals surface area contributed by atoms with Crippen molar-refractivity contribution in [3.63, 3.8) is 0 Å². The lowest BCUT2D eigenvalue weighted by molar-refractivity contribution is 0.305. The van der Waals surface area contributed by atoms with E-state index in [0.29, 0.717) is 5.56 Å². The number of aromatic hydroxyl groups is 1. The minimum Gasteiger partial charge on any atom is -0.505 e. The maximum absolute atomic E-state index is 13.0. The fourth-order valence-corrected chi connectivity index (χ4v) is 1.32. The third-order valence-corrected chi connectivity index (χ3v) is 2.16. The standard InChI is InChI=1S/C13H11FO2/c14-12-8-10(6-7-13(12)15)9-16-11-4-2-1-3-5-11/h1-8,15H,9H2. The van der Waals surface area contributed by atoms with Crippen molar-refractivity contribution in [2.75, 3.05) is 0 Å². The van der Waals surface area contributed by atoms with Crippen molar-refractivity contribution in [3.8, 4) is 11.5 Å². The van der Waals surface area contributed by atoms with Crippen LogP contribution in [0.5, 0.6) is 11.5 Å². The highest BCUT2D eigenvalue weighted by Gasteiger charge is 2.02. The van der Waals surface area contributed by atoms with Gasteiger partial charge in [0, 0.05) is 0 Å². The topological polar surface area (TPSA) is 29.5 Å². The number of hydrogen-bond donors (Lipinski definition) is 1. The minimum absolute atomic E-state index is 0.279. The fraction of sp³-hybridized carbons (Fsp3) is 0.0769. The van der Waals surface area contributed by atoms with Crippen molar-refractivity contribution in [3.05, 3.63) is 59.9 Å². The Bertz CT molecular complexity index is 469. The molecule has 0 heterocycles. The average molecular weight is 218 g/mol. The molecule has 1 N–H and O–H groups in total. The van der Waals surface area contributed by atoms with Gasteiger partial charge in [-0.15, -0.1) is 0 Å². The van der Waals surface area contributed by atoms with Crippen molar-refractivity contribution in [1.82, 2.24) is 0 Å². The molecule has 3 heteroatoms. The van der Waals surface area contributed by atoms with E-state index in [1.807, 2.05) is 30.3 Å². The Kier molecular flexibility index (Phi) is 3.05. The number of phenolic OH excluding ortho intramolecular Hbond substituents is 1. The molecule has 0 saturated carbocycles. The summed E-state index contributed by atoms with van der Waals surface area (Å²) in [6.07, 6.45) is 0. The van der Waals surface area contributed by atoms with Gasteiger partial charge in [0.25, 0.3) is 0 Å². The van der Waals surface area contributed by atoms with Crippen molar-refractivity contribution in [2.45, 2.75) is 6.61 Å². The monoisotopic (exact) mass is 218 g/mol. The number of para-hydroxylation sites is 1. The van der Waals surface area contributed by atoms with E-state index in [9.17, 15) is 4.39 Å². The van der Waals surface area contributed by atoms with Gasteiger partial charge in [-0.3, -0.25) is 0 Å². The zero-order valence-electron chi connectivity index (χ0n) is 8.56. The predicted molar refractivity (Wildman–Crippen MR) is 58.8 cm³/mol. The maximum Gasteiger partial charge on any atom is 0.165 e. The molecule has 0 unspecified atom stereocenters. The van der Waals surface area contributed by atoms with Crippen LogP contribution in [0.1, 0.15) is 5.56 Å². The zero-order valence-corrected chi connectivity index (χ0v) is 8.56. The summed E-state index contributed by atoms with van der Waals surface area (Å²) in [5, 5.41) is 9.01. The summed E-state index contributed by atoms with van der Waals surface area (Å²) in [6.45, 7) is 0.279. The van der Waals surface area contributed by atoms with Gasteiger partial charge in [0.2, 0.25) is 0 Å². The molecule has 2 nitrogen and oxygen atoms in total. The minimum atomic E-state index is -0.630. The summed E-state index contributed by atoms with van der Waals surface area (Å²) in [5.41, 5.74) is 0.680. The molecule has 0 aliphatic carbocycles. The Morgan fingerprint density at radius 1 is 1.06 bits per heavy atom. The van der Waals surface area contributed by atoms with Gasteiger partial charge in [0.15, 0.2) is 11.6 Å². The number of phenols is 1. The molecule has 0 fully saturated rings. The second kappa shape index (κ2) is 4.66. The van der Waals surface area contributed by atoms with Crippen LogP contribution in [0.15, 0.2) is 48.5 Å². The number of benzene rings is 2. The molecule has 2 aromatic carbocycles. The van der Waals surface area contributed by atoms with E-state index in [2.05, 4.69) is 0 Å². The van der Waals surface area contributed by atoms with E-state index in [4.69, 9.17) is 9.84 Å². The Morgan fingerprint density at radius 2 is 1.81 bits per heavy atom. The lowest BCUT2D eigenvalue weighted by Gasteiger charge is -2.06. The molecule has 0 bridgehead atoms. The third-order valence-electron chi connectivity index (χ3n) is 2.16. The van der Waals surface area contributed by atoms with Gasteiger partial charge < -0.3 is 9.84 Å². The first-order valence-electron chi connectivity index (χ1n) is 4.91. The highest BCUT2D eigenvalue weighted by atomic mass is 19.1. The van der Waals surface area contributed by atoms with E-state index >= 15 is 0 Å². The number of rotatable bonds is 3. The van der Waals surface area contributed by atoms with Gasteiger partial charge in [-0.05, 0) is 29.8 Å². The largest absolute Gasteiger partial charge is 0.505 e. The lowest BCUT2D eigenvalue weighted by atomic mass is 10.2. The molecular weight excluding hydrogens is 207 g/mol. The smallest absolute Gasteiger partial charge is 0.165 e. The quantitative estimate of drug-likeness (QED) is 0.857. The Morgan fingerprint density at radius 3 is 2.50 bits per heavy atom. The SMILES string of the molecule is Oc1ccc(COc2ccccc2)cc1F. The number of hydrogen-bond acceptors (Lipinski definition) is 2. The van der Waals surface area contributed by atoms with Crippen molar-refractivity contribution >= 4 is 0 Å². The molecule has 0 amide bonds. The van der Waals surface area contributed by atoms with E-state index in [0.717, 1.165) is 5.75 Å². The molecule has 2 aromatic rings. The van der Waals surface area contributed by atoms with Crippen LogP contribution in [0.25, 0.3) is 0 Å². The molecule has 0 aromatic heterocycles. The second-order valence-electron chi connectivity index (χ2n) is 3.39. The van der Waals surface area contributed by atoms with Crippen LogP contribution >= 0.6 is 0 Å². The lowest BCUT2D eigenvalue weighted by Crippen LogP contribution is -1.95. The van der Waals surface area contributed by atoms with E-state index < -0.39 is 5.82 Å². The molecule has 0 saturated heterocycles. The molecule has 0 atom stereocenters. The van der Waals surface area contributed by atoms with E-state index in [1.165, 1.54) is 12.1 Å². The average Bonchev–Trinajstić information content (AvgIpc) is 2.32. The molecule has 0 aliphatic heterocycles. The highest BCUT2D eigenvalue weighted by molar-refractivity contribution is 5.28. The summed E-state index contributed by atoms with van der Waals surface area (Å²) in [5.74, 6) is -0.242. The molecule has 0 spiro atoms. The maximum atomic E-state index is 13.0. The Hall–Kier alpha value is -2.03. The van der Waals surface area contributed by atoms with E-state index in [1.54, 1.807) is 6.07 Å². The van der Waals surface area contributed by atoms with Gasteiger partial charge >= 0.3 is 0 Å². The molecule has 0 aliphatic rings. The van der Waals surface area contributed by atoms with E-state index in [-0.39, 0.29) is 12.4 Å². The van der Waals surface area contributed by atoms with Crippen molar-refractivity contribution < 1.29 is 14.2 Å². The van der Waals surface area contributed by atoms with Gasteiger partial charge in [0.05, 0.1) is 0 Å². The number of halogens is 1. The van der Waals surface area contributed by atoms with Crippen molar-refractivity contribution in [1.29, 1.82) is 0 Å². The molecule has 2 rings (SSSR count). The van der Waals surface area contributed by atoms with Crippen LogP contribution in [-0.4, -0.2) is 5.11 Å². The van der Waals surface area contributed by atoms with Crippen LogP contribution in [0.3, 0.4) is 0 Å². The van der Waals surface area contributed by atoms with Gasteiger partial charge in [-0.2, -0.15) is 0 Å². The van der Waals surface area contributed by atoms with Crippen LogP contribution in [0.4, 0.5) is 4.39 Å². The van der Waals surface area contributed by atoms with Gasteiger partial charge in [-0.1, -0.05) is 24.3 Å². The fourth-order valence-electron chi connectivity index (χ4n) is 1.32. The highest BCUT2D eigenvalue weighted by Crippen LogP contribution is 2.17. The van der Waals surface area contributed by atoms with Crippen molar-refractivity contribution in [2.24, 2.45) is 0 Å². The Labute approximate surface area is 92.9 Å². The van der Waals surface area contributed by atoms with Gasteiger partial charge in [-0.25, -0.2) is 4.39 Å². The molecule has 16 heavy (non-hydrogen) atoms. The normalized spacial score (nSPS) is 10.1.